The van der Waals surface area contributed by atoms with E-state index in [2.05, 4.69) is 28.9 Å². The van der Waals surface area contributed by atoms with E-state index in [0.29, 0.717) is 27.9 Å². The number of ether oxygens (including phenoxy) is 1. The normalized spacial score (nSPS) is 11.4. The Bertz CT molecular complexity index is 1140. The molecule has 3 rings (SSSR count). The quantitative estimate of drug-likeness (QED) is 0.552. The van der Waals surface area contributed by atoms with Crippen LogP contribution in [0.1, 0.15) is 40.7 Å². The van der Waals surface area contributed by atoms with Crippen molar-refractivity contribution in [2.75, 3.05) is 17.1 Å². The van der Waals surface area contributed by atoms with Gasteiger partial charge < -0.3 is 10.1 Å². The summed E-state index contributed by atoms with van der Waals surface area (Å²) in [4.78, 5) is 17.3. The van der Waals surface area contributed by atoms with Crippen LogP contribution in [0.5, 0.6) is 5.75 Å². The Morgan fingerprint density at radius 2 is 1.70 bits per heavy atom. The molecular formula is C21H23N3O4S2. The second-order valence-corrected chi connectivity index (χ2v) is 9.63. The average molecular weight is 446 g/mol. The standard InChI is InChI=1S/C21H23N3O4S2/c1-13(2)15-5-7-16(8-6-15)23-20(25)19-14(3)22-21(29-19)24-30(26,27)18-11-9-17(28-4)10-12-18/h5-13H,1-4H3,(H,22,24)(H,23,25). The molecule has 1 aromatic heterocycles. The first-order chi connectivity index (χ1) is 14.2. The van der Waals surface area contributed by atoms with Gasteiger partial charge in [-0.05, 0) is 54.8 Å². The molecule has 0 unspecified atom stereocenters. The minimum Gasteiger partial charge on any atom is -0.497 e. The Morgan fingerprint density at radius 3 is 2.27 bits per heavy atom. The molecule has 0 saturated carbocycles. The number of anilines is 2. The topological polar surface area (TPSA) is 97.4 Å². The van der Waals surface area contributed by atoms with E-state index in [1.54, 1.807) is 19.1 Å². The summed E-state index contributed by atoms with van der Waals surface area (Å²) in [5.74, 6) is 0.622. The molecule has 2 aromatic carbocycles. The summed E-state index contributed by atoms with van der Waals surface area (Å²) in [7, 11) is -2.32. The smallest absolute Gasteiger partial charge is 0.267 e. The minimum absolute atomic E-state index is 0.0763. The number of nitrogens with zero attached hydrogens (tertiary/aromatic N) is 1. The highest BCUT2D eigenvalue weighted by atomic mass is 32.2. The number of carbonyl (C=O) groups is 1. The van der Waals surface area contributed by atoms with Gasteiger partial charge in [-0.15, -0.1) is 0 Å². The van der Waals surface area contributed by atoms with Gasteiger partial charge in [0, 0.05) is 5.69 Å². The van der Waals surface area contributed by atoms with Crippen molar-refractivity contribution in [3.05, 3.63) is 64.7 Å². The van der Waals surface area contributed by atoms with E-state index in [1.807, 2.05) is 24.3 Å². The first-order valence-corrected chi connectivity index (χ1v) is 11.5. The molecule has 0 aliphatic rings. The summed E-state index contributed by atoms with van der Waals surface area (Å²) >= 11 is 0.986. The van der Waals surface area contributed by atoms with Crippen LogP contribution >= 0.6 is 11.3 Å². The van der Waals surface area contributed by atoms with Crippen LogP contribution in [0.2, 0.25) is 0 Å². The number of benzene rings is 2. The van der Waals surface area contributed by atoms with Crippen LogP contribution in [0.4, 0.5) is 10.8 Å². The van der Waals surface area contributed by atoms with Crippen molar-refractivity contribution < 1.29 is 17.9 Å². The molecule has 1 amide bonds. The van der Waals surface area contributed by atoms with Gasteiger partial charge in [-0.25, -0.2) is 13.4 Å². The van der Waals surface area contributed by atoms with Crippen molar-refractivity contribution in [3.8, 4) is 5.75 Å². The minimum atomic E-state index is -3.83. The first kappa shape index (κ1) is 21.8. The van der Waals surface area contributed by atoms with Crippen LogP contribution in [0.25, 0.3) is 0 Å². The zero-order valence-electron chi connectivity index (χ0n) is 17.1. The van der Waals surface area contributed by atoms with Crippen molar-refractivity contribution >= 4 is 38.1 Å². The lowest BCUT2D eigenvalue weighted by Crippen LogP contribution is -2.12. The average Bonchev–Trinajstić information content (AvgIpc) is 3.07. The van der Waals surface area contributed by atoms with Gasteiger partial charge in [0.25, 0.3) is 15.9 Å². The summed E-state index contributed by atoms with van der Waals surface area (Å²) in [5.41, 5.74) is 2.29. The van der Waals surface area contributed by atoms with Crippen LogP contribution in [-0.4, -0.2) is 26.4 Å². The summed E-state index contributed by atoms with van der Waals surface area (Å²) in [5, 5.41) is 2.95. The third-order valence-electron chi connectivity index (χ3n) is 4.43. The summed E-state index contributed by atoms with van der Waals surface area (Å²) < 4.78 is 32.6. The number of aryl methyl sites for hydroxylation is 1. The highest BCUT2D eigenvalue weighted by molar-refractivity contribution is 7.93. The number of amides is 1. The van der Waals surface area contributed by atoms with Crippen LogP contribution in [0, 0.1) is 6.92 Å². The molecule has 158 valence electrons. The van der Waals surface area contributed by atoms with E-state index in [-0.39, 0.29) is 15.9 Å². The molecule has 0 aliphatic carbocycles. The molecule has 0 fully saturated rings. The molecular weight excluding hydrogens is 422 g/mol. The van der Waals surface area contributed by atoms with Gasteiger partial charge in [0.05, 0.1) is 17.7 Å². The molecule has 0 saturated heterocycles. The molecule has 0 radical (unpaired) electrons. The van der Waals surface area contributed by atoms with Crippen molar-refractivity contribution in [2.24, 2.45) is 0 Å². The molecule has 7 nitrogen and oxygen atoms in total. The zero-order chi connectivity index (χ0) is 21.9. The van der Waals surface area contributed by atoms with Gasteiger partial charge >= 0.3 is 0 Å². The SMILES string of the molecule is COc1ccc(S(=O)(=O)Nc2nc(C)c(C(=O)Nc3ccc(C(C)C)cc3)s2)cc1. The number of thiazole rings is 1. The lowest BCUT2D eigenvalue weighted by molar-refractivity contribution is 0.103. The fourth-order valence-corrected chi connectivity index (χ4v) is 4.82. The van der Waals surface area contributed by atoms with Gasteiger partial charge in [-0.2, -0.15) is 0 Å². The van der Waals surface area contributed by atoms with Crippen LogP contribution < -0.4 is 14.8 Å². The third kappa shape index (κ3) is 4.98. The zero-order valence-corrected chi connectivity index (χ0v) is 18.7. The van der Waals surface area contributed by atoms with Crippen LogP contribution in [0.3, 0.4) is 0 Å². The number of sulfonamides is 1. The van der Waals surface area contributed by atoms with Crippen molar-refractivity contribution in [2.45, 2.75) is 31.6 Å². The van der Waals surface area contributed by atoms with Gasteiger partial charge in [-0.1, -0.05) is 37.3 Å². The fourth-order valence-electron chi connectivity index (χ4n) is 2.72. The van der Waals surface area contributed by atoms with E-state index in [1.165, 1.54) is 24.8 Å². The maximum absolute atomic E-state index is 12.6. The molecule has 3 aromatic rings. The second kappa shape index (κ2) is 8.85. The van der Waals surface area contributed by atoms with Gasteiger partial charge in [0.1, 0.15) is 10.6 Å². The number of hydrogen-bond donors (Lipinski definition) is 2. The Balaban J connectivity index is 1.74. The number of nitrogens with one attached hydrogen (secondary N) is 2. The number of rotatable bonds is 7. The second-order valence-electron chi connectivity index (χ2n) is 6.95. The highest BCUT2D eigenvalue weighted by Crippen LogP contribution is 2.27. The van der Waals surface area contributed by atoms with Gasteiger partial charge in [0.2, 0.25) is 0 Å². The molecule has 1 heterocycles. The number of hydrogen-bond acceptors (Lipinski definition) is 6. The van der Waals surface area contributed by atoms with Crippen molar-refractivity contribution in [1.82, 2.24) is 4.98 Å². The number of aromatic nitrogens is 1. The highest BCUT2D eigenvalue weighted by Gasteiger charge is 2.20. The molecule has 0 aliphatic heterocycles. The van der Waals surface area contributed by atoms with E-state index in [4.69, 9.17) is 4.74 Å². The largest absolute Gasteiger partial charge is 0.497 e. The first-order valence-electron chi connectivity index (χ1n) is 9.25. The van der Waals surface area contributed by atoms with Gasteiger partial charge in [0.15, 0.2) is 5.13 Å². The Kier molecular flexibility index (Phi) is 6.42. The number of methoxy groups -OCH3 is 1. The van der Waals surface area contributed by atoms with E-state index >= 15 is 0 Å². The summed E-state index contributed by atoms with van der Waals surface area (Å²) in [6, 6.07) is 13.6. The van der Waals surface area contributed by atoms with Crippen LogP contribution in [-0.2, 0) is 10.0 Å². The maximum Gasteiger partial charge on any atom is 0.267 e. The van der Waals surface area contributed by atoms with Crippen LogP contribution in [0.15, 0.2) is 53.4 Å². The Morgan fingerprint density at radius 1 is 1.07 bits per heavy atom. The molecule has 0 spiro atoms. The lowest BCUT2D eigenvalue weighted by Gasteiger charge is -2.08. The van der Waals surface area contributed by atoms with E-state index < -0.39 is 10.0 Å². The molecule has 0 atom stereocenters. The van der Waals surface area contributed by atoms with Gasteiger partial charge in [-0.3, -0.25) is 9.52 Å². The van der Waals surface area contributed by atoms with Crippen molar-refractivity contribution in [3.63, 3.8) is 0 Å². The van der Waals surface area contributed by atoms with E-state index in [0.717, 1.165) is 11.3 Å². The Labute approximate surface area is 180 Å². The Hall–Kier alpha value is -2.91. The maximum atomic E-state index is 12.6. The third-order valence-corrected chi connectivity index (χ3v) is 6.99. The molecule has 9 heteroatoms. The molecule has 2 N–H and O–H groups in total. The van der Waals surface area contributed by atoms with E-state index in [9.17, 15) is 13.2 Å². The predicted octanol–water partition coefficient (Wildman–Crippen LogP) is 4.64. The summed E-state index contributed by atoms with van der Waals surface area (Å²) in [6.45, 7) is 5.87. The summed E-state index contributed by atoms with van der Waals surface area (Å²) in [6.07, 6.45) is 0. The lowest BCUT2D eigenvalue weighted by atomic mass is 10.0. The molecule has 30 heavy (non-hydrogen) atoms. The monoisotopic (exact) mass is 445 g/mol. The molecule has 0 bridgehead atoms. The number of carbonyl (C=O) groups excluding carboxylic acids is 1. The predicted molar refractivity (Wildman–Crippen MR) is 119 cm³/mol. The van der Waals surface area contributed by atoms with Crippen molar-refractivity contribution in [1.29, 1.82) is 0 Å². The fraction of sp³-hybridized carbons (Fsp3) is 0.238.